The molecule has 2 nitrogen and oxygen atoms in total. The van der Waals surface area contributed by atoms with E-state index in [0.717, 1.165) is 0 Å². The summed E-state index contributed by atoms with van der Waals surface area (Å²) < 4.78 is 0. The molecule has 0 spiro atoms. The van der Waals surface area contributed by atoms with Crippen molar-refractivity contribution in [2.45, 2.75) is 75.3 Å². The quantitative estimate of drug-likeness (QED) is 0.235. The maximum atomic E-state index is 3.56. The first kappa shape index (κ1) is 25.5. The van der Waals surface area contributed by atoms with Crippen molar-refractivity contribution in [3.63, 3.8) is 0 Å². The first-order chi connectivity index (χ1) is 20.5. The van der Waals surface area contributed by atoms with E-state index in [4.69, 9.17) is 0 Å². The molecular weight excluding hydrogens is 508 g/mol. The fourth-order valence-corrected chi connectivity index (χ4v) is 8.36. The maximum absolute atomic E-state index is 3.56. The lowest BCUT2D eigenvalue weighted by Gasteiger charge is -2.37. The topological polar surface area (TPSA) is 6.48 Å². The third-order valence-electron chi connectivity index (χ3n) is 10.7. The number of nitrogens with zero attached hydrogens (tertiary/aromatic N) is 2. The summed E-state index contributed by atoms with van der Waals surface area (Å²) in [6.45, 7) is 6.97. The molecule has 208 valence electrons. The monoisotopic (exact) mass is 546 g/mol. The average molecular weight is 547 g/mol. The van der Waals surface area contributed by atoms with Crippen molar-refractivity contribution in [3.05, 3.63) is 131 Å². The lowest BCUT2D eigenvalue weighted by molar-refractivity contribution is 0.402. The van der Waals surface area contributed by atoms with Crippen LogP contribution in [0.4, 0.5) is 22.7 Å². The molecule has 4 aromatic rings. The van der Waals surface area contributed by atoms with E-state index in [1.54, 1.807) is 5.56 Å². The molecule has 2 aliphatic heterocycles. The molecule has 2 unspecified atom stereocenters. The van der Waals surface area contributed by atoms with Gasteiger partial charge < -0.3 is 9.80 Å². The summed E-state index contributed by atoms with van der Waals surface area (Å²) in [5, 5.41) is 0. The Morgan fingerprint density at radius 2 is 1.33 bits per heavy atom. The summed E-state index contributed by atoms with van der Waals surface area (Å²) in [5.41, 5.74) is 10.4. The minimum atomic E-state index is -0.281. The van der Waals surface area contributed by atoms with E-state index < -0.39 is 0 Å². The summed E-state index contributed by atoms with van der Waals surface area (Å²) in [6, 6.07) is 37.1. The molecule has 0 N–H and O–H groups in total. The van der Waals surface area contributed by atoms with E-state index >= 15 is 0 Å². The number of anilines is 4. The van der Waals surface area contributed by atoms with Crippen molar-refractivity contribution in [3.8, 4) is 11.8 Å². The van der Waals surface area contributed by atoms with Crippen LogP contribution in [0.1, 0.15) is 80.5 Å². The highest BCUT2D eigenvalue weighted by molar-refractivity contribution is 5.79. The van der Waals surface area contributed by atoms with Gasteiger partial charge >= 0.3 is 0 Å². The summed E-state index contributed by atoms with van der Waals surface area (Å²) in [5.74, 6) is 7.76. The third-order valence-corrected chi connectivity index (χ3v) is 10.7. The van der Waals surface area contributed by atoms with Gasteiger partial charge in [0, 0.05) is 46.0 Å². The molecule has 2 aliphatic carbocycles. The van der Waals surface area contributed by atoms with Gasteiger partial charge in [-0.05, 0) is 84.5 Å². The fourth-order valence-electron chi connectivity index (χ4n) is 8.36. The molecule has 8 rings (SSSR count). The minimum Gasteiger partial charge on any atom is -0.338 e. The van der Waals surface area contributed by atoms with Crippen LogP contribution in [0.25, 0.3) is 0 Å². The predicted octanol–water partition coefficient (Wildman–Crippen LogP) is 9.76. The van der Waals surface area contributed by atoms with Crippen LogP contribution in [0.15, 0.2) is 109 Å². The molecule has 4 aliphatic rings. The van der Waals surface area contributed by atoms with Crippen LogP contribution in [0, 0.1) is 11.8 Å². The molecule has 42 heavy (non-hydrogen) atoms. The van der Waals surface area contributed by atoms with Gasteiger partial charge in [0.1, 0.15) is 5.54 Å². The van der Waals surface area contributed by atoms with Gasteiger partial charge in [-0.1, -0.05) is 105 Å². The van der Waals surface area contributed by atoms with Crippen LogP contribution < -0.4 is 9.80 Å². The Morgan fingerprint density at radius 3 is 2.07 bits per heavy atom. The molecule has 1 saturated carbocycles. The number of benzene rings is 4. The van der Waals surface area contributed by atoms with Gasteiger partial charge in [-0.25, -0.2) is 0 Å². The average Bonchev–Trinajstić information content (AvgIpc) is 3.50. The normalized spacial score (nSPS) is 25.3. The second-order valence-corrected chi connectivity index (χ2v) is 13.3. The number of hydrogen-bond donors (Lipinski definition) is 0. The Kier molecular flexibility index (Phi) is 5.70. The van der Waals surface area contributed by atoms with Crippen LogP contribution >= 0.6 is 0 Å². The standard InChI is InChI=1S/C40H38N2/c1-39(2,28-19-23-30(24-20-28)41-36-16-7-4-12-32(36)33-13-5-8-17-37(33)41)29-21-25-31(26-22-29)42-38-18-9-6-14-34(38)35-15-10-11-27-40(35,42)3/h4,6-7,9-10,12,14-16,18-26,33,35,37H,5,8,13,17H2,1-3H3/t33-,35?,37?,40-/m1/s1. The second-order valence-electron chi connectivity index (χ2n) is 13.3. The summed E-state index contributed by atoms with van der Waals surface area (Å²) in [4.78, 5) is 5.08. The van der Waals surface area contributed by atoms with Gasteiger partial charge in [-0.2, -0.15) is 0 Å². The molecule has 0 aromatic heterocycles. The van der Waals surface area contributed by atoms with Crippen LogP contribution in [-0.2, 0) is 5.41 Å². The van der Waals surface area contributed by atoms with Crippen LogP contribution in [0.5, 0.6) is 0 Å². The van der Waals surface area contributed by atoms with Crippen LogP contribution in [0.3, 0.4) is 0 Å². The van der Waals surface area contributed by atoms with Crippen LogP contribution in [-0.4, -0.2) is 11.6 Å². The molecule has 2 heteroatoms. The molecule has 0 radical (unpaired) electrons. The van der Waals surface area contributed by atoms with Crippen molar-refractivity contribution < 1.29 is 0 Å². The molecule has 0 amide bonds. The number of fused-ring (bicyclic) bond motifs is 6. The maximum Gasteiger partial charge on any atom is 0.114 e. The Balaban J connectivity index is 1.09. The van der Waals surface area contributed by atoms with Crippen molar-refractivity contribution in [2.75, 3.05) is 9.80 Å². The Labute approximate surface area is 250 Å². The SMILES string of the molecule is CC(C)(c1ccc(N2c3ccccc3[C@H]3CCCCC32)cc1)c1ccc(N2c3ccccc3C3C=CC#C[C@]32C)cc1. The minimum absolute atomic E-state index is 0.115. The third kappa shape index (κ3) is 3.66. The molecule has 1 fully saturated rings. The largest absolute Gasteiger partial charge is 0.338 e. The number of allylic oxidation sites excluding steroid dienone is 1. The second kappa shape index (κ2) is 9.40. The molecule has 2 heterocycles. The fraction of sp³-hybridized carbons (Fsp3) is 0.300. The van der Waals surface area contributed by atoms with Gasteiger partial charge in [0.05, 0.1) is 0 Å². The zero-order valence-corrected chi connectivity index (χ0v) is 24.8. The highest BCUT2D eigenvalue weighted by atomic mass is 15.2. The van der Waals surface area contributed by atoms with Crippen molar-refractivity contribution in [2.24, 2.45) is 0 Å². The molecular formula is C40H38N2. The lowest BCUT2D eigenvalue weighted by Crippen LogP contribution is -2.42. The number of rotatable bonds is 4. The van der Waals surface area contributed by atoms with E-state index in [2.05, 4.69) is 146 Å². The number of hydrogen-bond acceptors (Lipinski definition) is 2. The lowest BCUT2D eigenvalue weighted by atomic mass is 9.78. The highest BCUT2D eigenvalue weighted by Gasteiger charge is 2.47. The first-order valence-electron chi connectivity index (χ1n) is 15.6. The van der Waals surface area contributed by atoms with Crippen molar-refractivity contribution in [1.29, 1.82) is 0 Å². The van der Waals surface area contributed by atoms with Crippen molar-refractivity contribution >= 4 is 22.7 Å². The van der Waals surface area contributed by atoms with E-state index in [-0.39, 0.29) is 16.9 Å². The van der Waals surface area contributed by atoms with Gasteiger partial charge in [0.15, 0.2) is 0 Å². The van der Waals surface area contributed by atoms with E-state index in [1.165, 1.54) is 65.1 Å². The van der Waals surface area contributed by atoms with Crippen LogP contribution in [0.2, 0.25) is 0 Å². The van der Waals surface area contributed by atoms with Gasteiger partial charge in [-0.15, -0.1) is 0 Å². The van der Waals surface area contributed by atoms with Gasteiger partial charge in [0.25, 0.3) is 0 Å². The van der Waals surface area contributed by atoms with Crippen molar-refractivity contribution in [1.82, 2.24) is 0 Å². The summed E-state index contributed by atoms with van der Waals surface area (Å²) in [6.07, 6.45) is 9.56. The van der Waals surface area contributed by atoms with E-state index in [1.807, 2.05) is 6.08 Å². The predicted molar refractivity (Wildman–Crippen MR) is 175 cm³/mol. The Hall–Kier alpha value is -4.22. The smallest absolute Gasteiger partial charge is 0.114 e. The van der Waals surface area contributed by atoms with E-state index in [9.17, 15) is 0 Å². The summed E-state index contributed by atoms with van der Waals surface area (Å²) in [7, 11) is 0. The van der Waals surface area contributed by atoms with Gasteiger partial charge in [-0.3, -0.25) is 0 Å². The van der Waals surface area contributed by atoms with E-state index in [0.29, 0.717) is 12.0 Å². The zero-order chi connectivity index (χ0) is 28.5. The zero-order valence-electron chi connectivity index (χ0n) is 24.8. The first-order valence-corrected chi connectivity index (χ1v) is 15.6. The molecule has 0 bridgehead atoms. The molecule has 4 atom stereocenters. The molecule has 4 aromatic carbocycles. The van der Waals surface area contributed by atoms with Gasteiger partial charge in [0.2, 0.25) is 0 Å². The highest BCUT2D eigenvalue weighted by Crippen LogP contribution is 2.53. The Morgan fingerprint density at radius 1 is 0.714 bits per heavy atom. The summed E-state index contributed by atoms with van der Waals surface area (Å²) >= 11 is 0. The Bertz CT molecular complexity index is 1750. The molecule has 0 saturated heterocycles. The number of para-hydroxylation sites is 2.